The quantitative estimate of drug-likeness (QED) is 0.525. The maximum atomic E-state index is 12.0. The summed E-state index contributed by atoms with van der Waals surface area (Å²) in [6.45, 7) is 0. The van der Waals surface area contributed by atoms with Gasteiger partial charge in [-0.2, -0.15) is 0 Å². The van der Waals surface area contributed by atoms with Gasteiger partial charge in [-0.05, 0) is 24.2 Å². The largest absolute Gasteiger partial charge is 0.393 e. The third-order valence-electron chi connectivity index (χ3n) is 5.29. The van der Waals surface area contributed by atoms with Crippen molar-refractivity contribution in [3.8, 4) is 0 Å². The molecule has 0 aromatic carbocycles. The van der Waals surface area contributed by atoms with Crippen molar-refractivity contribution in [1.29, 1.82) is 0 Å². The molecular formula is C16H14O6. The van der Waals surface area contributed by atoms with Crippen molar-refractivity contribution in [1.82, 2.24) is 0 Å². The summed E-state index contributed by atoms with van der Waals surface area (Å²) in [7, 11) is 0. The van der Waals surface area contributed by atoms with E-state index in [1.54, 1.807) is 0 Å². The van der Waals surface area contributed by atoms with E-state index in [0.29, 0.717) is 6.42 Å². The van der Waals surface area contributed by atoms with E-state index in [4.69, 9.17) is 4.74 Å². The van der Waals surface area contributed by atoms with Gasteiger partial charge in [0.25, 0.3) is 0 Å². The van der Waals surface area contributed by atoms with Crippen molar-refractivity contribution in [3.63, 3.8) is 0 Å². The summed E-state index contributed by atoms with van der Waals surface area (Å²) in [4.78, 5) is 47.2. The van der Waals surface area contributed by atoms with Crippen LogP contribution in [0, 0.1) is 35.5 Å². The van der Waals surface area contributed by atoms with E-state index in [-0.39, 0.29) is 24.2 Å². The molecule has 0 N–H and O–H groups in total. The number of hydrogen-bond donors (Lipinski definition) is 0. The van der Waals surface area contributed by atoms with Gasteiger partial charge in [0.05, 0.1) is 24.2 Å². The maximum Gasteiger partial charge on any atom is 0.318 e. The van der Waals surface area contributed by atoms with E-state index in [0.717, 1.165) is 0 Å². The van der Waals surface area contributed by atoms with Crippen LogP contribution in [-0.4, -0.2) is 23.9 Å². The van der Waals surface area contributed by atoms with Crippen LogP contribution in [0.15, 0.2) is 24.3 Å². The maximum absolute atomic E-state index is 12.0. The normalized spacial score (nSPS) is 42.9. The summed E-state index contributed by atoms with van der Waals surface area (Å²) < 4.78 is 9.46. The number of esters is 4. The lowest BCUT2D eigenvalue weighted by Crippen LogP contribution is -2.44. The van der Waals surface area contributed by atoms with Crippen LogP contribution in [0.3, 0.4) is 0 Å². The minimum absolute atomic E-state index is 0.0463. The van der Waals surface area contributed by atoms with Crippen molar-refractivity contribution >= 4 is 23.9 Å². The molecular weight excluding hydrogens is 288 g/mol. The molecule has 0 aromatic rings. The molecule has 6 nitrogen and oxygen atoms in total. The van der Waals surface area contributed by atoms with Crippen molar-refractivity contribution in [3.05, 3.63) is 24.3 Å². The second-order valence-electron chi connectivity index (χ2n) is 6.30. The number of allylic oxidation sites excluding steroid dienone is 4. The smallest absolute Gasteiger partial charge is 0.318 e. The fraction of sp³-hybridized carbons (Fsp3) is 0.500. The van der Waals surface area contributed by atoms with Crippen molar-refractivity contribution < 1.29 is 28.7 Å². The second kappa shape index (κ2) is 4.63. The van der Waals surface area contributed by atoms with Crippen molar-refractivity contribution in [2.75, 3.05) is 0 Å². The molecule has 6 atom stereocenters. The Kier molecular flexibility index (Phi) is 2.82. The molecule has 0 radical (unpaired) electrons. The van der Waals surface area contributed by atoms with Crippen LogP contribution in [0.5, 0.6) is 0 Å². The van der Waals surface area contributed by atoms with Gasteiger partial charge in [0.15, 0.2) is 0 Å². The Morgan fingerprint density at radius 3 is 2.18 bits per heavy atom. The summed E-state index contributed by atoms with van der Waals surface area (Å²) in [6.07, 6.45) is 7.99. The number of hydrogen-bond acceptors (Lipinski definition) is 6. The van der Waals surface area contributed by atoms with Crippen LogP contribution < -0.4 is 0 Å². The van der Waals surface area contributed by atoms with Crippen LogP contribution in [-0.2, 0) is 28.7 Å². The van der Waals surface area contributed by atoms with E-state index in [9.17, 15) is 19.2 Å². The van der Waals surface area contributed by atoms with Gasteiger partial charge in [0.2, 0.25) is 0 Å². The Morgan fingerprint density at radius 2 is 1.50 bits per heavy atom. The molecule has 2 aliphatic carbocycles. The molecule has 6 unspecified atom stereocenters. The molecule has 0 aromatic heterocycles. The Hall–Kier alpha value is -2.24. The fourth-order valence-electron chi connectivity index (χ4n) is 4.35. The molecule has 6 heteroatoms. The molecule has 2 aliphatic heterocycles. The van der Waals surface area contributed by atoms with Gasteiger partial charge in [-0.1, -0.05) is 24.3 Å². The van der Waals surface area contributed by atoms with Gasteiger partial charge >= 0.3 is 23.9 Å². The number of carbonyl (C=O) groups is 4. The van der Waals surface area contributed by atoms with E-state index >= 15 is 0 Å². The Balaban J connectivity index is 1.71. The molecule has 1 saturated carbocycles. The van der Waals surface area contributed by atoms with E-state index in [2.05, 4.69) is 4.74 Å². The summed E-state index contributed by atoms with van der Waals surface area (Å²) in [5, 5.41) is 0. The molecule has 2 saturated heterocycles. The van der Waals surface area contributed by atoms with Gasteiger partial charge in [0.1, 0.15) is 0 Å². The molecule has 3 fully saturated rings. The third kappa shape index (κ3) is 1.79. The standard InChI is InChI=1S/C16H14O6/c17-12-6-10(14(18)21-12)9-5-11-13(16(20)22-15(11)19)8-4-2-1-3-7(8)9/h1-4,7-11,13H,5-6H2. The summed E-state index contributed by atoms with van der Waals surface area (Å²) >= 11 is 0. The third-order valence-corrected chi connectivity index (χ3v) is 5.29. The van der Waals surface area contributed by atoms with Crippen LogP contribution in [0.1, 0.15) is 12.8 Å². The van der Waals surface area contributed by atoms with Crippen molar-refractivity contribution in [2.45, 2.75) is 12.8 Å². The highest BCUT2D eigenvalue weighted by molar-refractivity contribution is 5.98. The minimum atomic E-state index is -0.541. The first-order valence-corrected chi connectivity index (χ1v) is 7.41. The topological polar surface area (TPSA) is 86.7 Å². The molecule has 22 heavy (non-hydrogen) atoms. The van der Waals surface area contributed by atoms with E-state index in [1.165, 1.54) is 0 Å². The first-order chi connectivity index (χ1) is 10.6. The molecule has 2 heterocycles. The summed E-state index contributed by atoms with van der Waals surface area (Å²) in [5.74, 6) is -4.01. The summed E-state index contributed by atoms with van der Waals surface area (Å²) in [6, 6.07) is 0. The highest BCUT2D eigenvalue weighted by Crippen LogP contribution is 2.52. The van der Waals surface area contributed by atoms with E-state index in [1.807, 2.05) is 24.3 Å². The second-order valence-corrected chi connectivity index (χ2v) is 6.30. The first kappa shape index (κ1) is 13.4. The van der Waals surface area contributed by atoms with Crippen LogP contribution in [0.2, 0.25) is 0 Å². The Labute approximate surface area is 126 Å². The van der Waals surface area contributed by atoms with Crippen LogP contribution in [0.25, 0.3) is 0 Å². The predicted octanol–water partition coefficient (Wildman–Crippen LogP) is 0.770. The lowest BCUT2D eigenvalue weighted by molar-refractivity contribution is -0.156. The van der Waals surface area contributed by atoms with Crippen LogP contribution >= 0.6 is 0 Å². The van der Waals surface area contributed by atoms with Gasteiger partial charge in [0, 0.05) is 0 Å². The molecule has 0 spiro atoms. The first-order valence-electron chi connectivity index (χ1n) is 7.41. The molecule has 0 amide bonds. The molecule has 114 valence electrons. The number of ether oxygens (including phenoxy) is 2. The highest BCUT2D eigenvalue weighted by Gasteiger charge is 2.58. The van der Waals surface area contributed by atoms with Gasteiger partial charge in [-0.25, -0.2) is 0 Å². The molecule has 4 aliphatic rings. The monoisotopic (exact) mass is 302 g/mol. The summed E-state index contributed by atoms with van der Waals surface area (Å²) in [5.41, 5.74) is 0. The average molecular weight is 302 g/mol. The lowest BCUT2D eigenvalue weighted by Gasteiger charge is -2.42. The van der Waals surface area contributed by atoms with Gasteiger partial charge in [-0.3, -0.25) is 19.2 Å². The highest BCUT2D eigenvalue weighted by atomic mass is 16.6. The predicted molar refractivity (Wildman–Crippen MR) is 70.7 cm³/mol. The molecule has 4 rings (SSSR count). The molecule has 0 bridgehead atoms. The zero-order valence-corrected chi connectivity index (χ0v) is 11.6. The van der Waals surface area contributed by atoms with E-state index < -0.39 is 41.6 Å². The van der Waals surface area contributed by atoms with Gasteiger partial charge < -0.3 is 9.47 Å². The fourth-order valence-corrected chi connectivity index (χ4v) is 4.35. The lowest BCUT2D eigenvalue weighted by atomic mass is 9.58. The Morgan fingerprint density at radius 1 is 0.818 bits per heavy atom. The Bertz CT molecular complexity index is 639. The SMILES string of the molecule is O=C1CC(C2CC3C(=O)OC(=O)C3C3C=CC=CC32)C(=O)O1. The number of cyclic esters (lactones) is 4. The number of fused-ring (bicyclic) bond motifs is 3. The van der Waals surface area contributed by atoms with Crippen LogP contribution in [0.4, 0.5) is 0 Å². The zero-order chi connectivity index (χ0) is 15.4. The number of rotatable bonds is 1. The number of carbonyl (C=O) groups excluding carboxylic acids is 4. The minimum Gasteiger partial charge on any atom is -0.393 e. The average Bonchev–Trinajstić information content (AvgIpc) is 2.97. The van der Waals surface area contributed by atoms with Crippen molar-refractivity contribution in [2.24, 2.45) is 35.5 Å². The van der Waals surface area contributed by atoms with Gasteiger partial charge in [-0.15, -0.1) is 0 Å². The zero-order valence-electron chi connectivity index (χ0n) is 11.6.